The number of amides is 1. The first-order chi connectivity index (χ1) is 17.2. The Balaban J connectivity index is 1.68. The van der Waals surface area contributed by atoms with Crippen molar-refractivity contribution >= 4 is 17.5 Å². The molecular formula is C30H40N4O. The molecular weight excluding hydrogens is 432 g/mol. The van der Waals surface area contributed by atoms with E-state index >= 15 is 0 Å². The smallest absolute Gasteiger partial charge is 0.253 e. The number of carbonyl (C=O) groups is 1. The van der Waals surface area contributed by atoms with E-state index in [4.69, 9.17) is 5.10 Å². The molecule has 0 aliphatic carbocycles. The summed E-state index contributed by atoms with van der Waals surface area (Å²) >= 11 is 0. The van der Waals surface area contributed by atoms with Crippen molar-refractivity contribution in [3.63, 3.8) is 0 Å². The number of aromatic nitrogens is 2. The van der Waals surface area contributed by atoms with Gasteiger partial charge in [0.2, 0.25) is 0 Å². The summed E-state index contributed by atoms with van der Waals surface area (Å²) in [5, 5.41) is 4.92. The molecule has 0 atom stereocenters. The Morgan fingerprint density at radius 2 is 1.71 bits per heavy atom. The molecule has 1 saturated heterocycles. The molecule has 0 radical (unpaired) electrons. The van der Waals surface area contributed by atoms with Gasteiger partial charge in [-0.25, -0.2) is 4.52 Å². The number of pyridine rings is 1. The molecule has 1 fully saturated rings. The zero-order chi connectivity index (χ0) is 24.5. The van der Waals surface area contributed by atoms with Crippen LogP contribution >= 0.6 is 0 Å². The molecule has 3 heterocycles. The summed E-state index contributed by atoms with van der Waals surface area (Å²) < 4.78 is 1.92. The van der Waals surface area contributed by atoms with Crippen LogP contribution in [0.1, 0.15) is 74.7 Å². The van der Waals surface area contributed by atoms with E-state index in [-0.39, 0.29) is 5.91 Å². The van der Waals surface area contributed by atoms with E-state index in [1.54, 1.807) is 0 Å². The molecule has 2 aromatic heterocycles. The topological polar surface area (TPSA) is 40.9 Å². The van der Waals surface area contributed by atoms with Crippen LogP contribution in [-0.4, -0.2) is 58.0 Å². The summed E-state index contributed by atoms with van der Waals surface area (Å²) in [7, 11) is 0. The van der Waals surface area contributed by atoms with Gasteiger partial charge in [-0.05, 0) is 50.9 Å². The van der Waals surface area contributed by atoms with Crippen LogP contribution in [0.5, 0.6) is 0 Å². The van der Waals surface area contributed by atoms with Gasteiger partial charge >= 0.3 is 0 Å². The van der Waals surface area contributed by atoms with Gasteiger partial charge in [0.05, 0.1) is 5.52 Å². The molecule has 4 rings (SSSR count). The van der Waals surface area contributed by atoms with Crippen LogP contribution in [0.4, 0.5) is 0 Å². The van der Waals surface area contributed by atoms with E-state index in [9.17, 15) is 4.79 Å². The average molecular weight is 473 g/mol. The largest absolute Gasteiger partial charge is 0.339 e. The van der Waals surface area contributed by atoms with Gasteiger partial charge in [-0.2, -0.15) is 5.10 Å². The molecule has 5 nitrogen and oxygen atoms in total. The summed E-state index contributed by atoms with van der Waals surface area (Å²) in [6.45, 7) is 9.29. The lowest BCUT2D eigenvalue weighted by Crippen LogP contribution is -2.33. The van der Waals surface area contributed by atoms with E-state index in [1.165, 1.54) is 32.4 Å². The summed E-state index contributed by atoms with van der Waals surface area (Å²) in [5.41, 5.74) is 4.86. The van der Waals surface area contributed by atoms with Crippen LogP contribution in [0.3, 0.4) is 0 Å². The maximum absolute atomic E-state index is 13.5. The van der Waals surface area contributed by atoms with Crippen LogP contribution in [0.2, 0.25) is 0 Å². The number of fused-ring (bicyclic) bond motifs is 1. The Hall–Kier alpha value is -2.92. The number of hydrogen-bond donors (Lipinski definition) is 0. The van der Waals surface area contributed by atoms with E-state index < -0.39 is 0 Å². The molecule has 0 unspecified atom stereocenters. The normalized spacial score (nSPS) is 14.7. The maximum atomic E-state index is 13.5. The van der Waals surface area contributed by atoms with Crippen molar-refractivity contribution in [2.24, 2.45) is 0 Å². The fourth-order valence-electron chi connectivity index (χ4n) is 4.83. The third-order valence-electron chi connectivity index (χ3n) is 6.91. The molecule has 1 amide bonds. The number of rotatable bonds is 11. The number of piperidine rings is 1. The Morgan fingerprint density at radius 1 is 1.00 bits per heavy atom. The molecule has 0 N–H and O–H groups in total. The second-order valence-corrected chi connectivity index (χ2v) is 9.64. The van der Waals surface area contributed by atoms with Gasteiger partial charge in [0.25, 0.3) is 5.91 Å². The molecule has 3 aromatic rings. The van der Waals surface area contributed by atoms with Crippen molar-refractivity contribution in [1.29, 1.82) is 0 Å². The van der Waals surface area contributed by atoms with Crippen molar-refractivity contribution < 1.29 is 4.79 Å². The standard InChI is InChI=1S/C30H40N4O/c1-3-5-21-33(22-6-4-2)30(35)26-17-23-34-28(24-26)27(16-13-20-32-18-11-8-12-19-32)29(31-34)25-14-9-7-10-15-25/h7,9-10,13-17,23-24H,3-6,8,11-12,18-22H2,1-2H3/b16-13+. The zero-order valence-electron chi connectivity index (χ0n) is 21.5. The van der Waals surface area contributed by atoms with Crippen LogP contribution in [0, 0.1) is 0 Å². The van der Waals surface area contributed by atoms with Crippen molar-refractivity contribution in [1.82, 2.24) is 19.4 Å². The van der Waals surface area contributed by atoms with Crippen LogP contribution in [-0.2, 0) is 0 Å². The molecule has 186 valence electrons. The summed E-state index contributed by atoms with van der Waals surface area (Å²) in [4.78, 5) is 18.0. The van der Waals surface area contributed by atoms with Gasteiger partial charge in [-0.15, -0.1) is 0 Å². The van der Waals surface area contributed by atoms with Crippen molar-refractivity contribution in [3.05, 3.63) is 65.9 Å². The highest BCUT2D eigenvalue weighted by Gasteiger charge is 2.19. The van der Waals surface area contributed by atoms with Gasteiger partial charge in [0.15, 0.2) is 0 Å². The predicted octanol–water partition coefficient (Wildman–Crippen LogP) is 6.54. The third-order valence-corrected chi connectivity index (χ3v) is 6.91. The SMILES string of the molecule is CCCCN(CCCC)C(=O)c1ccn2nc(-c3ccccc3)c(/C=C/CN3CCCCC3)c2c1. The van der Waals surface area contributed by atoms with Gasteiger partial charge < -0.3 is 4.90 Å². The van der Waals surface area contributed by atoms with Crippen molar-refractivity contribution in [3.8, 4) is 11.3 Å². The minimum atomic E-state index is 0.125. The van der Waals surface area contributed by atoms with E-state index in [1.807, 2.05) is 33.8 Å². The molecule has 1 aromatic carbocycles. The monoisotopic (exact) mass is 472 g/mol. The molecule has 35 heavy (non-hydrogen) atoms. The summed E-state index contributed by atoms with van der Waals surface area (Å²) in [6.07, 6.45) is 14.6. The van der Waals surface area contributed by atoms with E-state index in [0.29, 0.717) is 0 Å². The highest BCUT2D eigenvalue weighted by Crippen LogP contribution is 2.28. The Labute approximate surface area is 210 Å². The van der Waals surface area contributed by atoms with Crippen LogP contribution in [0.15, 0.2) is 54.7 Å². The Morgan fingerprint density at radius 3 is 2.40 bits per heavy atom. The van der Waals surface area contributed by atoms with Gasteiger partial charge in [-0.3, -0.25) is 9.69 Å². The molecule has 0 bridgehead atoms. The minimum absolute atomic E-state index is 0.125. The van der Waals surface area contributed by atoms with Crippen molar-refractivity contribution in [2.75, 3.05) is 32.7 Å². The second-order valence-electron chi connectivity index (χ2n) is 9.64. The number of hydrogen-bond acceptors (Lipinski definition) is 3. The quantitative estimate of drug-likeness (QED) is 0.318. The molecule has 0 saturated carbocycles. The van der Waals surface area contributed by atoms with Crippen LogP contribution < -0.4 is 0 Å². The number of unbranched alkanes of at least 4 members (excludes halogenated alkanes) is 2. The number of benzene rings is 1. The molecule has 5 heteroatoms. The molecule has 1 aliphatic heterocycles. The summed E-state index contributed by atoms with van der Waals surface area (Å²) in [5.74, 6) is 0.125. The van der Waals surface area contributed by atoms with Gasteiger partial charge in [0, 0.05) is 42.5 Å². The number of likely N-dealkylation sites (tertiary alicyclic amines) is 1. The number of nitrogens with zero attached hydrogens (tertiary/aromatic N) is 4. The summed E-state index contributed by atoms with van der Waals surface area (Å²) in [6, 6.07) is 14.3. The first kappa shape index (κ1) is 25.2. The van der Waals surface area contributed by atoms with Gasteiger partial charge in [0.1, 0.15) is 5.69 Å². The van der Waals surface area contributed by atoms with E-state index in [2.05, 4.69) is 55.2 Å². The second kappa shape index (κ2) is 12.7. The fraction of sp³-hybridized carbons (Fsp3) is 0.467. The average Bonchev–Trinajstić information content (AvgIpc) is 3.27. The van der Waals surface area contributed by atoms with E-state index in [0.717, 1.165) is 73.2 Å². The predicted molar refractivity (Wildman–Crippen MR) is 146 cm³/mol. The first-order valence-corrected chi connectivity index (χ1v) is 13.5. The Kier molecular flexibility index (Phi) is 9.13. The minimum Gasteiger partial charge on any atom is -0.339 e. The third kappa shape index (κ3) is 6.40. The lowest BCUT2D eigenvalue weighted by molar-refractivity contribution is 0.0751. The molecule has 1 aliphatic rings. The maximum Gasteiger partial charge on any atom is 0.253 e. The zero-order valence-corrected chi connectivity index (χ0v) is 21.5. The van der Waals surface area contributed by atoms with Crippen molar-refractivity contribution in [2.45, 2.75) is 58.8 Å². The fourth-order valence-corrected chi connectivity index (χ4v) is 4.83. The highest BCUT2D eigenvalue weighted by atomic mass is 16.2. The lowest BCUT2D eigenvalue weighted by atomic mass is 10.0. The Bertz CT molecular complexity index is 1100. The first-order valence-electron chi connectivity index (χ1n) is 13.5. The van der Waals surface area contributed by atoms with Crippen LogP contribution in [0.25, 0.3) is 22.9 Å². The van der Waals surface area contributed by atoms with Gasteiger partial charge in [-0.1, -0.05) is 75.6 Å². The highest BCUT2D eigenvalue weighted by molar-refractivity contribution is 5.96. The number of carbonyl (C=O) groups excluding carboxylic acids is 1. The lowest BCUT2D eigenvalue weighted by Gasteiger charge is -2.24. The molecule has 0 spiro atoms.